The summed E-state index contributed by atoms with van der Waals surface area (Å²) in [7, 11) is 0. The fourth-order valence-electron chi connectivity index (χ4n) is 1.97. The van der Waals surface area contributed by atoms with Gasteiger partial charge in [0.25, 0.3) is 5.91 Å². The summed E-state index contributed by atoms with van der Waals surface area (Å²) in [6.07, 6.45) is 2.02. The lowest BCUT2D eigenvalue weighted by Gasteiger charge is -2.16. The van der Waals surface area contributed by atoms with E-state index in [1.54, 1.807) is 13.0 Å². The van der Waals surface area contributed by atoms with Gasteiger partial charge >= 0.3 is 11.9 Å². The number of ether oxygens (including phenoxy) is 1. The number of carboxylic acid groups (broad SMARTS) is 1. The Hall–Kier alpha value is -2.93. The van der Waals surface area contributed by atoms with Crippen LogP contribution in [0, 0.1) is 0 Å². The fourth-order valence-corrected chi connectivity index (χ4v) is 2.14. The van der Waals surface area contributed by atoms with Gasteiger partial charge in [-0.1, -0.05) is 18.5 Å². The highest BCUT2D eigenvalue weighted by Gasteiger charge is 2.23. The van der Waals surface area contributed by atoms with Crippen LogP contribution in [0.5, 0.6) is 0 Å². The van der Waals surface area contributed by atoms with Gasteiger partial charge in [-0.2, -0.15) is 0 Å². The monoisotopic (exact) mass is 362 g/mol. The average molecular weight is 363 g/mol. The number of pyridine rings is 1. The Morgan fingerprint density at radius 3 is 2.64 bits per heavy atom. The quantitative estimate of drug-likeness (QED) is 0.765. The van der Waals surface area contributed by atoms with Crippen molar-refractivity contribution in [1.82, 2.24) is 4.98 Å². The van der Waals surface area contributed by atoms with Crippen molar-refractivity contribution in [2.75, 3.05) is 5.32 Å². The van der Waals surface area contributed by atoms with E-state index in [2.05, 4.69) is 10.3 Å². The third-order valence-corrected chi connectivity index (χ3v) is 3.61. The van der Waals surface area contributed by atoms with Crippen LogP contribution in [0.25, 0.3) is 0 Å². The number of benzene rings is 1. The first kappa shape index (κ1) is 18.4. The van der Waals surface area contributed by atoms with Crippen LogP contribution < -0.4 is 5.32 Å². The molecule has 2 N–H and O–H groups in total. The number of aromatic nitrogens is 1. The van der Waals surface area contributed by atoms with Gasteiger partial charge in [0.15, 0.2) is 6.10 Å². The molecular weight excluding hydrogens is 348 g/mol. The van der Waals surface area contributed by atoms with E-state index in [4.69, 9.17) is 21.4 Å². The Morgan fingerprint density at radius 1 is 1.28 bits per heavy atom. The summed E-state index contributed by atoms with van der Waals surface area (Å²) < 4.78 is 5.19. The number of esters is 1. The molecule has 1 amide bonds. The van der Waals surface area contributed by atoms with E-state index in [1.807, 2.05) is 0 Å². The predicted octanol–water partition coefficient (Wildman–Crippen LogP) is 3.01. The number of rotatable bonds is 6. The molecule has 0 spiro atoms. The Kier molecular flexibility index (Phi) is 6.08. The molecule has 2 aromatic rings. The molecule has 0 radical (unpaired) electrons. The van der Waals surface area contributed by atoms with Gasteiger partial charge in [-0.25, -0.2) is 9.59 Å². The van der Waals surface area contributed by atoms with Crippen molar-refractivity contribution in [1.29, 1.82) is 0 Å². The largest absolute Gasteiger partial charge is 0.478 e. The molecule has 0 aliphatic rings. The smallest absolute Gasteiger partial charge is 0.340 e. The van der Waals surface area contributed by atoms with Crippen LogP contribution in [0.3, 0.4) is 0 Å². The third-order valence-electron chi connectivity index (χ3n) is 3.28. The van der Waals surface area contributed by atoms with Crippen molar-refractivity contribution >= 4 is 35.1 Å². The third kappa shape index (κ3) is 4.77. The summed E-state index contributed by atoms with van der Waals surface area (Å²) in [5, 5.41) is 11.7. The zero-order valence-corrected chi connectivity index (χ0v) is 14.0. The van der Waals surface area contributed by atoms with Crippen molar-refractivity contribution in [3.63, 3.8) is 0 Å². The first-order valence-corrected chi connectivity index (χ1v) is 7.75. The molecule has 0 saturated carbocycles. The van der Waals surface area contributed by atoms with Crippen LogP contribution in [-0.4, -0.2) is 34.0 Å². The van der Waals surface area contributed by atoms with E-state index in [1.165, 1.54) is 36.7 Å². The SMILES string of the molecule is CCC(OC(=O)c1cccnc1)C(=O)Nc1cc(C(=O)O)ccc1Cl. The molecule has 1 aromatic carbocycles. The molecule has 0 aliphatic heterocycles. The van der Waals surface area contributed by atoms with Crippen molar-refractivity contribution in [2.24, 2.45) is 0 Å². The van der Waals surface area contributed by atoms with Crippen LogP contribution in [-0.2, 0) is 9.53 Å². The lowest BCUT2D eigenvalue weighted by Crippen LogP contribution is -2.32. The maximum Gasteiger partial charge on any atom is 0.340 e. The number of carbonyl (C=O) groups is 3. The van der Waals surface area contributed by atoms with E-state index in [9.17, 15) is 14.4 Å². The van der Waals surface area contributed by atoms with Crippen LogP contribution in [0.15, 0.2) is 42.7 Å². The maximum absolute atomic E-state index is 12.3. The number of halogens is 1. The number of aromatic carboxylic acids is 1. The van der Waals surface area contributed by atoms with Gasteiger partial charge in [-0.05, 0) is 36.8 Å². The number of carbonyl (C=O) groups excluding carboxylic acids is 2. The molecule has 7 nitrogen and oxygen atoms in total. The molecule has 8 heteroatoms. The highest BCUT2D eigenvalue weighted by Crippen LogP contribution is 2.23. The summed E-state index contributed by atoms with van der Waals surface area (Å²) in [4.78, 5) is 39.2. The minimum Gasteiger partial charge on any atom is -0.478 e. The summed E-state index contributed by atoms with van der Waals surface area (Å²) in [5.74, 6) is -2.44. The topological polar surface area (TPSA) is 106 Å². The number of amides is 1. The highest BCUT2D eigenvalue weighted by molar-refractivity contribution is 6.34. The fraction of sp³-hybridized carbons (Fsp3) is 0.176. The predicted molar refractivity (Wildman–Crippen MR) is 90.8 cm³/mol. The first-order chi connectivity index (χ1) is 11.9. The number of anilines is 1. The normalized spacial score (nSPS) is 11.4. The van der Waals surface area contributed by atoms with Crippen molar-refractivity contribution < 1.29 is 24.2 Å². The van der Waals surface area contributed by atoms with Gasteiger partial charge in [0.1, 0.15) is 0 Å². The summed E-state index contributed by atoms with van der Waals surface area (Å²) >= 11 is 5.97. The average Bonchev–Trinajstić information content (AvgIpc) is 2.61. The van der Waals surface area contributed by atoms with Crippen molar-refractivity contribution in [3.05, 3.63) is 58.9 Å². The second-order valence-corrected chi connectivity index (χ2v) is 5.44. The molecule has 2 rings (SSSR count). The Labute approximate surface area is 148 Å². The van der Waals surface area contributed by atoms with Gasteiger partial charge in [-0.3, -0.25) is 9.78 Å². The molecule has 1 heterocycles. The van der Waals surface area contributed by atoms with Gasteiger partial charge in [0, 0.05) is 12.4 Å². The summed E-state index contributed by atoms with van der Waals surface area (Å²) in [5.41, 5.74) is 0.321. The summed E-state index contributed by atoms with van der Waals surface area (Å²) in [6.45, 7) is 1.68. The minimum atomic E-state index is -1.15. The van der Waals surface area contributed by atoms with Gasteiger partial charge in [0.05, 0.1) is 21.8 Å². The highest BCUT2D eigenvalue weighted by atomic mass is 35.5. The number of nitrogens with one attached hydrogen (secondary N) is 1. The van der Waals surface area contributed by atoms with E-state index in [0.717, 1.165) is 0 Å². The molecular formula is C17H15ClN2O5. The zero-order valence-electron chi connectivity index (χ0n) is 13.2. The van der Waals surface area contributed by atoms with E-state index < -0.39 is 23.9 Å². The van der Waals surface area contributed by atoms with E-state index in [0.29, 0.717) is 0 Å². The molecule has 1 unspecified atom stereocenters. The zero-order chi connectivity index (χ0) is 18.4. The Morgan fingerprint density at radius 2 is 2.04 bits per heavy atom. The Bertz CT molecular complexity index is 795. The number of hydrogen-bond acceptors (Lipinski definition) is 5. The van der Waals surface area contributed by atoms with Crippen LogP contribution in [0.2, 0.25) is 5.02 Å². The standard InChI is InChI=1S/C17H15ClN2O5/c1-2-14(25-17(24)11-4-3-7-19-9-11)15(21)20-13-8-10(16(22)23)5-6-12(13)18/h3-9,14H,2H2,1H3,(H,20,21)(H,22,23). The lowest BCUT2D eigenvalue weighted by atomic mass is 10.2. The molecule has 0 aliphatic carbocycles. The number of carboxylic acids is 1. The van der Waals surface area contributed by atoms with Crippen LogP contribution >= 0.6 is 11.6 Å². The summed E-state index contributed by atoms with van der Waals surface area (Å²) in [6, 6.07) is 7.02. The van der Waals surface area contributed by atoms with E-state index >= 15 is 0 Å². The van der Waals surface area contributed by atoms with Gasteiger partial charge in [-0.15, -0.1) is 0 Å². The maximum atomic E-state index is 12.3. The minimum absolute atomic E-state index is 0.0277. The number of nitrogens with zero attached hydrogens (tertiary/aromatic N) is 1. The van der Waals surface area contributed by atoms with Crippen molar-refractivity contribution in [2.45, 2.75) is 19.4 Å². The molecule has 1 atom stereocenters. The molecule has 0 saturated heterocycles. The first-order valence-electron chi connectivity index (χ1n) is 7.37. The van der Waals surface area contributed by atoms with E-state index in [-0.39, 0.29) is 28.3 Å². The molecule has 1 aromatic heterocycles. The molecule has 130 valence electrons. The number of hydrogen-bond donors (Lipinski definition) is 2. The van der Waals surface area contributed by atoms with Crippen LogP contribution in [0.1, 0.15) is 34.1 Å². The second kappa shape index (κ2) is 8.25. The molecule has 25 heavy (non-hydrogen) atoms. The van der Waals surface area contributed by atoms with Crippen LogP contribution in [0.4, 0.5) is 5.69 Å². The lowest BCUT2D eigenvalue weighted by molar-refractivity contribution is -0.124. The second-order valence-electron chi connectivity index (χ2n) is 5.03. The van der Waals surface area contributed by atoms with Gasteiger partial charge in [0.2, 0.25) is 0 Å². The Balaban J connectivity index is 2.11. The molecule has 0 bridgehead atoms. The molecule has 0 fully saturated rings. The van der Waals surface area contributed by atoms with Gasteiger partial charge < -0.3 is 15.2 Å². The van der Waals surface area contributed by atoms with Crippen molar-refractivity contribution in [3.8, 4) is 0 Å².